The summed E-state index contributed by atoms with van der Waals surface area (Å²) in [6.45, 7) is 1.50. The highest BCUT2D eigenvalue weighted by Crippen LogP contribution is 2.18. The molecule has 20 heavy (non-hydrogen) atoms. The van der Waals surface area contributed by atoms with E-state index in [1.165, 1.54) is 0 Å². The number of carboxylic acid groups (broad SMARTS) is 1. The van der Waals surface area contributed by atoms with Crippen molar-refractivity contribution in [1.82, 2.24) is 9.88 Å². The molecule has 2 heterocycles. The quantitative estimate of drug-likeness (QED) is 0.854. The van der Waals surface area contributed by atoms with E-state index < -0.39 is 5.97 Å². The predicted octanol–water partition coefficient (Wildman–Crippen LogP) is 1.87. The molecule has 0 spiro atoms. The Balaban J connectivity index is 1.76. The molecular formula is C13H17BrN2O4. The summed E-state index contributed by atoms with van der Waals surface area (Å²) >= 11 is 3.30. The van der Waals surface area contributed by atoms with Gasteiger partial charge in [0.1, 0.15) is 5.69 Å². The van der Waals surface area contributed by atoms with E-state index >= 15 is 0 Å². The third-order valence-electron chi connectivity index (χ3n) is 3.28. The van der Waals surface area contributed by atoms with Crippen LogP contribution in [-0.4, -0.2) is 52.7 Å². The molecule has 0 radical (unpaired) electrons. The normalized spacial score (nSPS) is 16.4. The molecule has 2 rings (SSSR count). The Hall–Kier alpha value is -1.34. The van der Waals surface area contributed by atoms with Crippen LogP contribution in [0.2, 0.25) is 0 Å². The highest BCUT2D eigenvalue weighted by Gasteiger charge is 2.24. The van der Waals surface area contributed by atoms with E-state index in [0.29, 0.717) is 18.8 Å². The first-order valence-corrected chi connectivity index (χ1v) is 7.32. The summed E-state index contributed by atoms with van der Waals surface area (Å²) in [5, 5.41) is 8.55. The van der Waals surface area contributed by atoms with Crippen molar-refractivity contribution in [3.05, 3.63) is 22.4 Å². The van der Waals surface area contributed by atoms with Crippen molar-refractivity contribution in [2.45, 2.75) is 25.4 Å². The fourth-order valence-corrected chi connectivity index (χ4v) is 2.54. The molecule has 0 aromatic carbocycles. The summed E-state index contributed by atoms with van der Waals surface area (Å²) in [6, 6.07) is 1.76. The van der Waals surface area contributed by atoms with Crippen molar-refractivity contribution in [2.24, 2.45) is 0 Å². The predicted molar refractivity (Wildman–Crippen MR) is 75.6 cm³/mol. The van der Waals surface area contributed by atoms with Gasteiger partial charge in [-0.2, -0.15) is 0 Å². The van der Waals surface area contributed by atoms with E-state index in [9.17, 15) is 9.59 Å². The van der Waals surface area contributed by atoms with Gasteiger partial charge in [0.2, 0.25) is 0 Å². The minimum atomic E-state index is -0.852. The molecule has 1 aliphatic rings. The number of nitrogens with one attached hydrogen (secondary N) is 1. The first kappa shape index (κ1) is 15.1. The van der Waals surface area contributed by atoms with Gasteiger partial charge in [-0.1, -0.05) is 0 Å². The van der Waals surface area contributed by atoms with Gasteiger partial charge in [0.05, 0.1) is 19.1 Å². The number of likely N-dealkylation sites (tertiary alicyclic amines) is 1. The molecule has 6 nitrogen and oxygen atoms in total. The second-order valence-electron chi connectivity index (χ2n) is 4.74. The molecule has 0 aliphatic carbocycles. The fraction of sp³-hybridized carbons (Fsp3) is 0.538. The van der Waals surface area contributed by atoms with Crippen LogP contribution in [0.4, 0.5) is 0 Å². The van der Waals surface area contributed by atoms with E-state index in [1.807, 2.05) is 0 Å². The number of nitrogens with zero attached hydrogens (tertiary/aromatic N) is 1. The zero-order chi connectivity index (χ0) is 14.5. The highest BCUT2D eigenvalue weighted by atomic mass is 79.9. The Morgan fingerprint density at radius 2 is 2.15 bits per heavy atom. The van der Waals surface area contributed by atoms with Gasteiger partial charge in [0.25, 0.3) is 5.91 Å². The number of aromatic amines is 1. The van der Waals surface area contributed by atoms with Gasteiger partial charge in [0.15, 0.2) is 0 Å². The average molecular weight is 345 g/mol. The number of aromatic nitrogens is 1. The van der Waals surface area contributed by atoms with E-state index in [1.54, 1.807) is 17.2 Å². The van der Waals surface area contributed by atoms with Crippen LogP contribution in [0.25, 0.3) is 0 Å². The molecule has 0 unspecified atom stereocenters. The number of amides is 1. The number of piperidine rings is 1. The summed E-state index contributed by atoms with van der Waals surface area (Å²) < 4.78 is 6.35. The fourth-order valence-electron chi connectivity index (χ4n) is 2.20. The third-order valence-corrected chi connectivity index (χ3v) is 3.73. The van der Waals surface area contributed by atoms with E-state index in [0.717, 1.165) is 17.3 Å². The Bertz CT molecular complexity index is 480. The van der Waals surface area contributed by atoms with Crippen molar-refractivity contribution >= 4 is 27.8 Å². The Morgan fingerprint density at radius 1 is 1.45 bits per heavy atom. The zero-order valence-corrected chi connectivity index (χ0v) is 12.6. The number of hydrogen-bond donors (Lipinski definition) is 2. The van der Waals surface area contributed by atoms with Crippen LogP contribution in [0.15, 0.2) is 16.7 Å². The number of hydrogen-bond acceptors (Lipinski definition) is 3. The van der Waals surface area contributed by atoms with Crippen molar-refractivity contribution in [1.29, 1.82) is 0 Å². The summed E-state index contributed by atoms with van der Waals surface area (Å²) in [4.78, 5) is 27.3. The molecule has 0 bridgehead atoms. The lowest BCUT2D eigenvalue weighted by Gasteiger charge is -2.31. The van der Waals surface area contributed by atoms with Gasteiger partial charge in [0, 0.05) is 23.8 Å². The SMILES string of the molecule is O=C(O)CCOC1CCN(C(=O)c2cc(Br)c[nH]2)CC1. The lowest BCUT2D eigenvalue weighted by molar-refractivity contribution is -0.138. The van der Waals surface area contributed by atoms with Crippen molar-refractivity contribution in [2.75, 3.05) is 19.7 Å². The van der Waals surface area contributed by atoms with Crippen molar-refractivity contribution in [3.8, 4) is 0 Å². The number of rotatable bonds is 5. The van der Waals surface area contributed by atoms with Crippen LogP contribution in [0, 0.1) is 0 Å². The van der Waals surface area contributed by atoms with Crippen LogP contribution < -0.4 is 0 Å². The van der Waals surface area contributed by atoms with E-state index in [2.05, 4.69) is 20.9 Å². The highest BCUT2D eigenvalue weighted by molar-refractivity contribution is 9.10. The maximum atomic E-state index is 12.2. The molecule has 1 amide bonds. The Labute approximate surface area is 125 Å². The van der Waals surface area contributed by atoms with Crippen molar-refractivity contribution < 1.29 is 19.4 Å². The lowest BCUT2D eigenvalue weighted by Crippen LogP contribution is -2.41. The number of H-pyrrole nitrogens is 1. The molecule has 1 aromatic heterocycles. The first-order valence-electron chi connectivity index (χ1n) is 6.53. The van der Waals surface area contributed by atoms with Gasteiger partial charge < -0.3 is 19.7 Å². The van der Waals surface area contributed by atoms with Gasteiger partial charge >= 0.3 is 5.97 Å². The average Bonchev–Trinajstić information content (AvgIpc) is 2.85. The minimum absolute atomic E-state index is 0.0142. The topological polar surface area (TPSA) is 82.6 Å². The molecule has 1 saturated heterocycles. The lowest BCUT2D eigenvalue weighted by atomic mass is 10.1. The van der Waals surface area contributed by atoms with Gasteiger partial charge in [-0.25, -0.2) is 0 Å². The number of carbonyl (C=O) groups is 2. The number of halogens is 1. The second kappa shape index (κ2) is 6.90. The monoisotopic (exact) mass is 344 g/mol. The largest absolute Gasteiger partial charge is 0.481 e. The number of aliphatic carboxylic acids is 1. The maximum Gasteiger partial charge on any atom is 0.305 e. The van der Waals surface area contributed by atoms with E-state index in [-0.39, 0.29) is 25.0 Å². The summed E-state index contributed by atoms with van der Waals surface area (Å²) in [7, 11) is 0. The van der Waals surface area contributed by atoms with Gasteiger partial charge in [-0.3, -0.25) is 9.59 Å². The van der Waals surface area contributed by atoms with Crippen LogP contribution in [0.5, 0.6) is 0 Å². The minimum Gasteiger partial charge on any atom is -0.481 e. The molecular weight excluding hydrogens is 328 g/mol. The van der Waals surface area contributed by atoms with Crippen LogP contribution in [0.3, 0.4) is 0 Å². The number of carbonyl (C=O) groups excluding carboxylic acids is 1. The molecule has 0 atom stereocenters. The van der Waals surface area contributed by atoms with Crippen LogP contribution in [0.1, 0.15) is 29.8 Å². The van der Waals surface area contributed by atoms with E-state index in [4.69, 9.17) is 9.84 Å². The molecule has 2 N–H and O–H groups in total. The van der Waals surface area contributed by atoms with Crippen molar-refractivity contribution in [3.63, 3.8) is 0 Å². The summed E-state index contributed by atoms with van der Waals surface area (Å²) in [5.41, 5.74) is 0.571. The first-order chi connectivity index (χ1) is 9.56. The maximum absolute atomic E-state index is 12.2. The molecule has 1 aromatic rings. The number of carboxylic acids is 1. The van der Waals surface area contributed by atoms with Gasteiger partial charge in [-0.05, 0) is 34.8 Å². The van der Waals surface area contributed by atoms with Crippen LogP contribution >= 0.6 is 15.9 Å². The third kappa shape index (κ3) is 4.08. The smallest absolute Gasteiger partial charge is 0.305 e. The summed E-state index contributed by atoms with van der Waals surface area (Å²) in [5.74, 6) is -0.866. The zero-order valence-electron chi connectivity index (χ0n) is 11.0. The Kier molecular flexibility index (Phi) is 5.19. The second-order valence-corrected chi connectivity index (χ2v) is 5.65. The number of ether oxygens (including phenoxy) is 1. The molecule has 0 saturated carbocycles. The molecule has 1 fully saturated rings. The van der Waals surface area contributed by atoms with Gasteiger partial charge in [-0.15, -0.1) is 0 Å². The molecule has 7 heteroatoms. The standard InChI is InChI=1S/C13H17BrN2O4/c14-9-7-11(15-8-9)13(19)16-4-1-10(2-5-16)20-6-3-12(17)18/h7-8,10,15H,1-6H2,(H,17,18). The summed E-state index contributed by atoms with van der Waals surface area (Å²) in [6.07, 6.45) is 3.29. The van der Waals surface area contributed by atoms with Crippen LogP contribution in [-0.2, 0) is 9.53 Å². The molecule has 1 aliphatic heterocycles. The molecule has 110 valence electrons. The Morgan fingerprint density at radius 3 is 2.70 bits per heavy atom.